The van der Waals surface area contributed by atoms with Crippen LogP contribution in [-0.4, -0.2) is 35.7 Å². The van der Waals surface area contributed by atoms with Gasteiger partial charge in [0.2, 0.25) is 0 Å². The smallest absolute Gasteiger partial charge is 0.410 e. The van der Waals surface area contributed by atoms with Gasteiger partial charge in [-0.25, -0.2) is 9.78 Å². The highest BCUT2D eigenvalue weighted by atomic mass is 35.5. The van der Waals surface area contributed by atoms with Crippen molar-refractivity contribution in [2.75, 3.05) is 25.0 Å². The summed E-state index contributed by atoms with van der Waals surface area (Å²) in [5, 5.41) is 3.76. The number of hydrogen-bond acceptors (Lipinski definition) is 4. The van der Waals surface area contributed by atoms with Crippen molar-refractivity contribution in [1.29, 1.82) is 0 Å². The van der Waals surface area contributed by atoms with Crippen LogP contribution in [0, 0.1) is 0 Å². The van der Waals surface area contributed by atoms with Crippen LogP contribution in [0.15, 0.2) is 12.1 Å². The molecule has 1 amide bonds. The number of amides is 1. The van der Waals surface area contributed by atoms with E-state index in [2.05, 4.69) is 17.2 Å². The summed E-state index contributed by atoms with van der Waals surface area (Å²) in [6, 6.07) is 3.63. The molecule has 0 radical (unpaired) electrons. The maximum atomic E-state index is 11.4. The highest BCUT2D eigenvalue weighted by Crippen LogP contribution is 2.19. The number of ether oxygens (including phenoxy) is 1. The molecule has 1 aromatic heterocycles. The van der Waals surface area contributed by atoms with Crippen LogP contribution >= 0.6 is 11.6 Å². The second-order valence-electron chi connectivity index (χ2n) is 4.09. The topological polar surface area (TPSA) is 54.5 Å². The van der Waals surface area contributed by atoms with Gasteiger partial charge in [-0.15, -0.1) is 0 Å². The highest BCUT2D eigenvalue weighted by molar-refractivity contribution is 6.31. The summed E-state index contributed by atoms with van der Waals surface area (Å²) in [5.41, 5.74) is 0.691. The molecule has 1 aliphatic heterocycles. The second kappa shape index (κ2) is 5.91. The summed E-state index contributed by atoms with van der Waals surface area (Å²) in [6.07, 6.45) is 0.720. The normalized spacial score (nSPS) is 14.8. The molecule has 98 valence electrons. The Morgan fingerprint density at radius 3 is 3.06 bits per heavy atom. The van der Waals surface area contributed by atoms with Gasteiger partial charge in [0.15, 0.2) is 0 Å². The fraction of sp³-hybridized carbons (Fsp3) is 0.500. The first-order valence-electron chi connectivity index (χ1n) is 6.01. The Labute approximate surface area is 111 Å². The van der Waals surface area contributed by atoms with Crippen LogP contribution in [-0.2, 0) is 11.3 Å². The van der Waals surface area contributed by atoms with E-state index < -0.39 is 0 Å². The van der Waals surface area contributed by atoms with Crippen molar-refractivity contribution in [2.45, 2.75) is 19.9 Å². The molecule has 1 fully saturated rings. The summed E-state index contributed by atoms with van der Waals surface area (Å²) < 4.78 is 4.87. The molecule has 0 unspecified atom stereocenters. The fourth-order valence-corrected chi connectivity index (χ4v) is 1.86. The maximum Gasteiger partial charge on any atom is 0.410 e. The van der Waals surface area contributed by atoms with E-state index in [1.807, 2.05) is 6.07 Å². The SMILES string of the molecule is CCCNc1ccc(Cl)c(CN2CCOC2=O)n1. The van der Waals surface area contributed by atoms with Gasteiger partial charge in [-0.05, 0) is 18.6 Å². The van der Waals surface area contributed by atoms with Crippen molar-refractivity contribution in [3.63, 3.8) is 0 Å². The fourth-order valence-electron chi connectivity index (χ4n) is 1.70. The van der Waals surface area contributed by atoms with Gasteiger partial charge < -0.3 is 10.1 Å². The van der Waals surface area contributed by atoms with E-state index in [1.165, 1.54) is 0 Å². The minimum Gasteiger partial charge on any atom is -0.448 e. The number of nitrogens with one attached hydrogen (secondary N) is 1. The Hall–Kier alpha value is -1.49. The number of carbonyl (C=O) groups excluding carboxylic acids is 1. The molecule has 0 saturated carbocycles. The number of hydrogen-bond donors (Lipinski definition) is 1. The van der Waals surface area contributed by atoms with Crippen LogP contribution in [0.3, 0.4) is 0 Å². The molecule has 0 aliphatic carbocycles. The van der Waals surface area contributed by atoms with Crippen LogP contribution in [0.5, 0.6) is 0 Å². The molecule has 5 nitrogen and oxygen atoms in total. The Bertz CT molecular complexity index is 439. The van der Waals surface area contributed by atoms with Gasteiger partial charge in [0.25, 0.3) is 0 Å². The number of pyridine rings is 1. The summed E-state index contributed by atoms with van der Waals surface area (Å²) in [4.78, 5) is 17.4. The van der Waals surface area contributed by atoms with Gasteiger partial charge >= 0.3 is 6.09 Å². The lowest BCUT2D eigenvalue weighted by molar-refractivity contribution is 0.157. The molecule has 0 bridgehead atoms. The monoisotopic (exact) mass is 269 g/mol. The quantitative estimate of drug-likeness (QED) is 0.892. The molecule has 1 aliphatic rings. The second-order valence-corrected chi connectivity index (χ2v) is 4.49. The Balaban J connectivity index is 2.08. The van der Waals surface area contributed by atoms with Crippen LogP contribution in [0.4, 0.5) is 10.6 Å². The Morgan fingerprint density at radius 1 is 1.56 bits per heavy atom. The molecule has 0 aromatic carbocycles. The van der Waals surface area contributed by atoms with Crippen molar-refractivity contribution in [3.8, 4) is 0 Å². The van der Waals surface area contributed by atoms with Gasteiger partial charge in [0.1, 0.15) is 12.4 Å². The minimum atomic E-state index is -0.306. The van der Waals surface area contributed by atoms with Gasteiger partial charge in [0.05, 0.1) is 23.8 Å². The molecular weight excluding hydrogens is 254 g/mol. The highest BCUT2D eigenvalue weighted by Gasteiger charge is 2.23. The van der Waals surface area contributed by atoms with E-state index in [-0.39, 0.29) is 6.09 Å². The number of halogens is 1. The molecule has 6 heteroatoms. The van der Waals surface area contributed by atoms with E-state index in [9.17, 15) is 4.79 Å². The predicted molar refractivity (Wildman–Crippen MR) is 69.8 cm³/mol. The third kappa shape index (κ3) is 3.04. The predicted octanol–water partition coefficient (Wildman–Crippen LogP) is 2.51. The molecule has 18 heavy (non-hydrogen) atoms. The number of anilines is 1. The molecule has 2 heterocycles. The van der Waals surface area contributed by atoms with Crippen molar-refractivity contribution in [3.05, 3.63) is 22.8 Å². The largest absolute Gasteiger partial charge is 0.448 e. The van der Waals surface area contributed by atoms with Crippen LogP contribution < -0.4 is 5.32 Å². The zero-order valence-corrected chi connectivity index (χ0v) is 11.0. The molecule has 2 rings (SSSR count). The van der Waals surface area contributed by atoms with Gasteiger partial charge in [-0.1, -0.05) is 18.5 Å². The summed E-state index contributed by atoms with van der Waals surface area (Å²) >= 11 is 6.09. The molecule has 1 N–H and O–H groups in total. The molecule has 0 atom stereocenters. The number of nitrogens with zero attached hydrogens (tertiary/aromatic N) is 2. The first kappa shape index (κ1) is 13.0. The van der Waals surface area contributed by atoms with E-state index >= 15 is 0 Å². The van der Waals surface area contributed by atoms with Crippen molar-refractivity contribution in [2.24, 2.45) is 0 Å². The lowest BCUT2D eigenvalue weighted by Crippen LogP contribution is -2.24. The third-order valence-corrected chi connectivity index (χ3v) is 3.00. The van der Waals surface area contributed by atoms with Gasteiger partial charge in [-0.2, -0.15) is 0 Å². The molecule has 1 aromatic rings. The summed E-state index contributed by atoms with van der Waals surface area (Å²) in [6.45, 7) is 4.36. The van der Waals surface area contributed by atoms with Gasteiger partial charge in [-0.3, -0.25) is 4.90 Å². The zero-order chi connectivity index (χ0) is 13.0. The number of carbonyl (C=O) groups is 1. The van der Waals surface area contributed by atoms with Crippen molar-refractivity contribution in [1.82, 2.24) is 9.88 Å². The van der Waals surface area contributed by atoms with E-state index in [4.69, 9.17) is 16.3 Å². The summed E-state index contributed by atoms with van der Waals surface area (Å²) in [7, 11) is 0. The van der Waals surface area contributed by atoms with Crippen LogP contribution in [0.25, 0.3) is 0 Å². The van der Waals surface area contributed by atoms with E-state index in [1.54, 1.807) is 11.0 Å². The molecular formula is C12H16ClN3O2. The third-order valence-electron chi connectivity index (χ3n) is 2.66. The van der Waals surface area contributed by atoms with Gasteiger partial charge in [0, 0.05) is 6.54 Å². The minimum absolute atomic E-state index is 0.306. The van der Waals surface area contributed by atoms with E-state index in [0.717, 1.165) is 18.8 Å². The van der Waals surface area contributed by atoms with Crippen LogP contribution in [0.1, 0.15) is 19.0 Å². The average Bonchev–Trinajstić information content (AvgIpc) is 2.76. The average molecular weight is 270 g/mol. The lowest BCUT2D eigenvalue weighted by Gasteiger charge is -2.14. The van der Waals surface area contributed by atoms with E-state index in [0.29, 0.717) is 30.4 Å². The standard InChI is InChI=1S/C12H16ClN3O2/c1-2-5-14-11-4-3-9(13)10(15-11)8-16-6-7-18-12(16)17/h3-4H,2,5-8H2,1H3,(H,14,15). The molecule has 0 spiro atoms. The Morgan fingerprint density at radius 2 is 2.39 bits per heavy atom. The van der Waals surface area contributed by atoms with Crippen LogP contribution in [0.2, 0.25) is 5.02 Å². The Kier molecular flexibility index (Phi) is 4.25. The number of rotatable bonds is 5. The summed E-state index contributed by atoms with van der Waals surface area (Å²) in [5.74, 6) is 0.781. The molecule has 1 saturated heterocycles. The zero-order valence-electron chi connectivity index (χ0n) is 10.3. The first-order valence-corrected chi connectivity index (χ1v) is 6.39. The maximum absolute atomic E-state index is 11.4. The number of aromatic nitrogens is 1. The first-order chi connectivity index (χ1) is 8.70. The lowest BCUT2D eigenvalue weighted by atomic mass is 10.3. The number of cyclic esters (lactones) is 1. The van der Waals surface area contributed by atoms with Crippen molar-refractivity contribution < 1.29 is 9.53 Å². The van der Waals surface area contributed by atoms with Crippen molar-refractivity contribution >= 4 is 23.5 Å².